The first-order chi connectivity index (χ1) is 11.1. The van der Waals surface area contributed by atoms with E-state index in [1.54, 1.807) is 12.1 Å². The van der Waals surface area contributed by atoms with Gasteiger partial charge in [0.1, 0.15) is 11.5 Å². The van der Waals surface area contributed by atoms with E-state index in [9.17, 15) is 9.90 Å². The summed E-state index contributed by atoms with van der Waals surface area (Å²) < 4.78 is 11.3. The van der Waals surface area contributed by atoms with E-state index in [1.165, 1.54) is 6.07 Å². The third kappa shape index (κ3) is 3.77. The minimum absolute atomic E-state index is 0.0506. The lowest BCUT2D eigenvalue weighted by atomic mass is 9.99. The van der Waals surface area contributed by atoms with Crippen molar-refractivity contribution in [3.63, 3.8) is 0 Å². The minimum Gasteiger partial charge on any atom is -0.506 e. The number of hydrogen-bond donors (Lipinski definition) is 1. The SMILES string of the molecule is C=C1OCCC2OC2CC/C=C/C(=O)Cc2c1ccc(O)c2Cl. The van der Waals surface area contributed by atoms with E-state index in [2.05, 4.69) is 6.58 Å². The Morgan fingerprint density at radius 3 is 2.87 bits per heavy atom. The van der Waals surface area contributed by atoms with E-state index < -0.39 is 0 Å². The maximum absolute atomic E-state index is 12.1. The molecule has 3 rings (SSSR count). The molecule has 1 aromatic rings. The highest BCUT2D eigenvalue weighted by Crippen LogP contribution is 2.35. The summed E-state index contributed by atoms with van der Waals surface area (Å²) in [5.74, 6) is 0.329. The van der Waals surface area contributed by atoms with Gasteiger partial charge in [-0.05, 0) is 36.6 Å². The predicted molar refractivity (Wildman–Crippen MR) is 88.5 cm³/mol. The van der Waals surface area contributed by atoms with Gasteiger partial charge in [0.05, 0.1) is 23.8 Å². The Hall–Kier alpha value is -1.78. The van der Waals surface area contributed by atoms with Crippen LogP contribution in [0.2, 0.25) is 5.02 Å². The Bertz CT molecular complexity index is 665. The molecule has 2 unspecified atom stereocenters. The number of hydrogen-bond acceptors (Lipinski definition) is 4. The highest BCUT2D eigenvalue weighted by atomic mass is 35.5. The van der Waals surface area contributed by atoms with Crippen molar-refractivity contribution in [1.82, 2.24) is 0 Å². The number of epoxide rings is 1. The summed E-state index contributed by atoms with van der Waals surface area (Å²) in [6.45, 7) is 4.43. The van der Waals surface area contributed by atoms with Gasteiger partial charge in [-0.25, -0.2) is 0 Å². The van der Waals surface area contributed by atoms with Gasteiger partial charge >= 0.3 is 0 Å². The quantitative estimate of drug-likeness (QED) is 0.736. The number of ether oxygens (including phenoxy) is 2. The number of allylic oxidation sites excluding steroid dienone is 2. The Morgan fingerprint density at radius 1 is 1.26 bits per heavy atom. The minimum atomic E-state index is -0.0723. The van der Waals surface area contributed by atoms with Gasteiger partial charge in [0.15, 0.2) is 5.78 Å². The van der Waals surface area contributed by atoms with Gasteiger partial charge in [-0.3, -0.25) is 4.79 Å². The molecule has 0 amide bonds. The molecule has 0 bridgehead atoms. The van der Waals surface area contributed by atoms with E-state index in [-0.39, 0.29) is 35.2 Å². The van der Waals surface area contributed by atoms with E-state index in [4.69, 9.17) is 21.1 Å². The van der Waals surface area contributed by atoms with Crippen LogP contribution in [0.1, 0.15) is 30.4 Å². The second-order valence-electron chi connectivity index (χ2n) is 5.82. The predicted octanol–water partition coefficient (Wildman–Crippen LogP) is 3.65. The van der Waals surface area contributed by atoms with Crippen molar-refractivity contribution < 1.29 is 19.4 Å². The molecule has 2 atom stereocenters. The van der Waals surface area contributed by atoms with Crippen molar-refractivity contribution in [3.8, 4) is 5.75 Å². The van der Waals surface area contributed by atoms with Crippen LogP contribution in [0.25, 0.3) is 5.76 Å². The standard InChI is InChI=1S/C18H19ClO4/c1-11-13-6-7-15(21)18(19)14(13)10-12(20)4-2-3-5-16-17(23-16)8-9-22-11/h2,4,6-7,16-17,21H,1,3,5,8-10H2/b4-2+. The summed E-state index contributed by atoms with van der Waals surface area (Å²) in [5, 5.41) is 9.98. The first kappa shape index (κ1) is 16.1. The number of carbonyl (C=O) groups is 1. The molecule has 5 heteroatoms. The third-order valence-corrected chi connectivity index (χ3v) is 4.58. The van der Waals surface area contributed by atoms with E-state index in [0.717, 1.165) is 19.3 Å². The van der Waals surface area contributed by atoms with Crippen LogP contribution >= 0.6 is 11.6 Å². The van der Waals surface area contributed by atoms with E-state index in [1.807, 2.05) is 6.08 Å². The summed E-state index contributed by atoms with van der Waals surface area (Å²) in [5.41, 5.74) is 1.20. The average Bonchev–Trinajstić information content (AvgIpc) is 3.26. The molecule has 2 aliphatic heterocycles. The van der Waals surface area contributed by atoms with Crippen molar-refractivity contribution in [2.45, 2.75) is 37.9 Å². The summed E-state index contributed by atoms with van der Waals surface area (Å²) in [4.78, 5) is 12.1. The third-order valence-electron chi connectivity index (χ3n) is 4.16. The Morgan fingerprint density at radius 2 is 2.04 bits per heavy atom. The summed E-state index contributed by atoms with van der Waals surface area (Å²) in [6.07, 6.45) is 6.57. The molecule has 0 aliphatic carbocycles. The lowest BCUT2D eigenvalue weighted by Gasteiger charge is -2.15. The first-order valence-electron chi connectivity index (χ1n) is 7.73. The first-order valence-corrected chi connectivity index (χ1v) is 8.11. The van der Waals surface area contributed by atoms with Crippen LogP contribution in [-0.4, -0.2) is 29.7 Å². The van der Waals surface area contributed by atoms with Crippen LogP contribution in [-0.2, 0) is 20.7 Å². The maximum atomic E-state index is 12.1. The summed E-state index contributed by atoms with van der Waals surface area (Å²) in [7, 11) is 0. The molecule has 0 radical (unpaired) electrons. The second-order valence-corrected chi connectivity index (χ2v) is 6.20. The van der Waals surface area contributed by atoms with Crippen LogP contribution < -0.4 is 0 Å². The fraction of sp³-hybridized carbons (Fsp3) is 0.389. The van der Waals surface area contributed by atoms with E-state index >= 15 is 0 Å². The molecule has 2 aliphatic rings. The molecular weight excluding hydrogens is 316 g/mol. The lowest BCUT2D eigenvalue weighted by molar-refractivity contribution is -0.114. The number of halogens is 1. The largest absolute Gasteiger partial charge is 0.506 e. The van der Waals surface area contributed by atoms with Gasteiger partial charge in [-0.2, -0.15) is 0 Å². The van der Waals surface area contributed by atoms with Crippen molar-refractivity contribution in [1.29, 1.82) is 0 Å². The molecule has 122 valence electrons. The van der Waals surface area contributed by atoms with Gasteiger partial charge in [0, 0.05) is 18.4 Å². The Labute approximate surface area is 140 Å². The monoisotopic (exact) mass is 334 g/mol. The summed E-state index contributed by atoms with van der Waals surface area (Å²) in [6, 6.07) is 3.16. The van der Waals surface area contributed by atoms with Gasteiger partial charge in [-0.1, -0.05) is 24.3 Å². The lowest BCUT2D eigenvalue weighted by Crippen LogP contribution is -2.06. The van der Waals surface area contributed by atoms with Crippen LogP contribution in [0, 0.1) is 0 Å². The normalized spacial score (nSPS) is 26.5. The molecular formula is C18H19ClO4. The van der Waals surface area contributed by atoms with Crippen molar-refractivity contribution in [2.24, 2.45) is 0 Å². The zero-order valence-electron chi connectivity index (χ0n) is 12.8. The van der Waals surface area contributed by atoms with Gasteiger partial charge in [-0.15, -0.1) is 0 Å². The number of benzene rings is 1. The molecule has 0 saturated carbocycles. The van der Waals surface area contributed by atoms with Gasteiger partial charge < -0.3 is 14.6 Å². The number of carbonyl (C=O) groups excluding carboxylic acids is 1. The number of aromatic hydroxyl groups is 1. The molecule has 1 N–H and O–H groups in total. The number of ketones is 1. The molecule has 4 nitrogen and oxygen atoms in total. The highest BCUT2D eigenvalue weighted by Gasteiger charge is 2.37. The second kappa shape index (κ2) is 6.77. The van der Waals surface area contributed by atoms with Crippen LogP contribution in [0.4, 0.5) is 0 Å². The van der Waals surface area contributed by atoms with Crippen molar-refractivity contribution >= 4 is 23.1 Å². The smallest absolute Gasteiger partial charge is 0.159 e. The average molecular weight is 335 g/mol. The highest BCUT2D eigenvalue weighted by molar-refractivity contribution is 6.33. The Balaban J connectivity index is 1.88. The van der Waals surface area contributed by atoms with Crippen LogP contribution in [0.3, 0.4) is 0 Å². The topological polar surface area (TPSA) is 59.1 Å². The van der Waals surface area contributed by atoms with Gasteiger partial charge in [0.2, 0.25) is 0 Å². The maximum Gasteiger partial charge on any atom is 0.159 e. The fourth-order valence-electron chi connectivity index (χ4n) is 2.81. The Kier molecular flexibility index (Phi) is 4.74. The van der Waals surface area contributed by atoms with Gasteiger partial charge in [0.25, 0.3) is 0 Å². The number of phenolic OH excluding ortho intramolecular Hbond substituents is 1. The zero-order valence-corrected chi connectivity index (χ0v) is 13.5. The number of rotatable bonds is 0. The van der Waals surface area contributed by atoms with Crippen molar-refractivity contribution in [3.05, 3.63) is 47.0 Å². The number of fused-ring (bicyclic) bond motifs is 2. The fourth-order valence-corrected chi connectivity index (χ4v) is 3.05. The summed E-state index contributed by atoms with van der Waals surface area (Å²) >= 11 is 6.18. The molecule has 0 spiro atoms. The number of phenols is 1. The zero-order chi connectivity index (χ0) is 16.4. The van der Waals surface area contributed by atoms with Crippen molar-refractivity contribution in [2.75, 3.05) is 6.61 Å². The molecule has 23 heavy (non-hydrogen) atoms. The van der Waals surface area contributed by atoms with E-state index in [0.29, 0.717) is 23.5 Å². The molecule has 1 saturated heterocycles. The molecule has 0 aromatic heterocycles. The molecule has 1 fully saturated rings. The van der Waals surface area contributed by atoms with Crippen LogP contribution in [0.5, 0.6) is 5.75 Å². The molecule has 2 heterocycles. The van der Waals surface area contributed by atoms with Crippen LogP contribution in [0.15, 0.2) is 30.9 Å². The molecule has 1 aromatic carbocycles.